The van der Waals surface area contributed by atoms with Gasteiger partial charge in [0.2, 0.25) is 5.95 Å². The molecular weight excluding hydrogens is 370 g/mol. The Bertz CT molecular complexity index is 1190. The van der Waals surface area contributed by atoms with Crippen molar-refractivity contribution >= 4 is 17.5 Å². The number of primary amides is 1. The summed E-state index contributed by atoms with van der Waals surface area (Å²) in [7, 11) is 1.49. The number of hydrogen-bond acceptors (Lipinski definition) is 7. The van der Waals surface area contributed by atoms with Gasteiger partial charge in [-0.1, -0.05) is 30.3 Å². The molecule has 146 valence electrons. The van der Waals surface area contributed by atoms with Gasteiger partial charge in [0, 0.05) is 12.7 Å². The van der Waals surface area contributed by atoms with E-state index in [2.05, 4.69) is 25.3 Å². The maximum atomic E-state index is 11.7. The largest absolute Gasteiger partial charge is 0.467 e. The Morgan fingerprint density at radius 3 is 2.62 bits per heavy atom. The van der Waals surface area contributed by atoms with E-state index in [1.807, 2.05) is 37.3 Å². The lowest BCUT2D eigenvalue weighted by Crippen LogP contribution is -2.12. The fourth-order valence-electron chi connectivity index (χ4n) is 3.05. The maximum Gasteiger partial charge on any atom is 0.321 e. The third-order valence-corrected chi connectivity index (χ3v) is 4.39. The van der Waals surface area contributed by atoms with Crippen LogP contribution in [0.1, 0.15) is 21.6 Å². The molecule has 0 fully saturated rings. The highest BCUT2D eigenvalue weighted by molar-refractivity contribution is 5.99. The van der Waals surface area contributed by atoms with Crippen molar-refractivity contribution in [1.29, 1.82) is 0 Å². The molecular formula is C20H19N7O2. The highest BCUT2D eigenvalue weighted by atomic mass is 16.5. The summed E-state index contributed by atoms with van der Waals surface area (Å²) in [6.45, 7) is 2.37. The number of nitrogens with one attached hydrogen (secondary N) is 1. The molecule has 0 atom stereocenters. The molecule has 0 aliphatic rings. The molecule has 3 aromatic heterocycles. The van der Waals surface area contributed by atoms with Gasteiger partial charge in [0.05, 0.1) is 18.4 Å². The van der Waals surface area contributed by atoms with Crippen LogP contribution < -0.4 is 15.8 Å². The first-order chi connectivity index (χ1) is 14.1. The molecule has 1 amide bonds. The van der Waals surface area contributed by atoms with E-state index in [1.54, 1.807) is 22.7 Å². The number of pyridine rings is 1. The third kappa shape index (κ3) is 3.57. The summed E-state index contributed by atoms with van der Waals surface area (Å²) in [6.07, 6.45) is 1.78. The van der Waals surface area contributed by atoms with Crippen molar-refractivity contribution in [2.24, 2.45) is 5.73 Å². The van der Waals surface area contributed by atoms with Crippen LogP contribution in [0.4, 0.5) is 5.95 Å². The molecule has 0 aliphatic heterocycles. The first-order valence-electron chi connectivity index (χ1n) is 8.92. The number of benzene rings is 1. The van der Waals surface area contributed by atoms with E-state index in [4.69, 9.17) is 10.5 Å². The minimum absolute atomic E-state index is 0.172. The Hall–Kier alpha value is -4.01. The minimum atomic E-state index is -0.550. The number of anilines is 1. The van der Waals surface area contributed by atoms with Crippen molar-refractivity contribution in [3.05, 3.63) is 65.5 Å². The molecule has 4 rings (SSSR count). The minimum Gasteiger partial charge on any atom is -0.467 e. The lowest BCUT2D eigenvalue weighted by Gasteiger charge is -2.09. The van der Waals surface area contributed by atoms with E-state index in [1.165, 1.54) is 7.11 Å². The van der Waals surface area contributed by atoms with E-state index in [0.717, 1.165) is 5.56 Å². The number of imidazole rings is 1. The molecule has 0 bridgehead atoms. The summed E-state index contributed by atoms with van der Waals surface area (Å²) in [4.78, 5) is 29.4. The molecule has 0 spiro atoms. The van der Waals surface area contributed by atoms with Crippen LogP contribution in [0.3, 0.4) is 0 Å². The van der Waals surface area contributed by atoms with Crippen molar-refractivity contribution in [2.45, 2.75) is 13.5 Å². The number of nitrogens with two attached hydrogens (primary N) is 1. The van der Waals surface area contributed by atoms with Gasteiger partial charge in [0.25, 0.3) is 5.91 Å². The molecule has 0 unspecified atom stereocenters. The molecule has 9 heteroatoms. The van der Waals surface area contributed by atoms with Crippen LogP contribution >= 0.6 is 0 Å². The van der Waals surface area contributed by atoms with Gasteiger partial charge in [-0.05, 0) is 24.6 Å². The zero-order valence-electron chi connectivity index (χ0n) is 16.0. The Kier molecular flexibility index (Phi) is 4.78. The summed E-state index contributed by atoms with van der Waals surface area (Å²) >= 11 is 0. The Morgan fingerprint density at radius 2 is 1.90 bits per heavy atom. The van der Waals surface area contributed by atoms with Gasteiger partial charge >= 0.3 is 6.01 Å². The van der Waals surface area contributed by atoms with Gasteiger partial charge in [0.1, 0.15) is 11.3 Å². The van der Waals surface area contributed by atoms with Gasteiger partial charge in [-0.3, -0.25) is 9.20 Å². The summed E-state index contributed by atoms with van der Waals surface area (Å²) in [5.74, 6) is 0.195. The summed E-state index contributed by atoms with van der Waals surface area (Å²) in [5, 5.41) is 3.19. The van der Waals surface area contributed by atoms with E-state index >= 15 is 0 Å². The SMILES string of the molecule is COc1nc(NCc2ccccc2)nc(-c2c(C)nc3c(C(N)=O)cccn23)n1. The third-order valence-electron chi connectivity index (χ3n) is 4.39. The summed E-state index contributed by atoms with van der Waals surface area (Å²) in [5.41, 5.74) is 8.63. The zero-order chi connectivity index (χ0) is 20.4. The van der Waals surface area contributed by atoms with Crippen molar-refractivity contribution in [3.8, 4) is 17.5 Å². The standard InChI is InChI=1S/C20H19N7O2/c1-12-15(27-10-6-9-14(16(21)28)18(27)23-12)17-24-19(26-20(25-17)29-2)22-11-13-7-4-3-5-8-13/h3-10H,11H2,1-2H3,(H2,21,28)(H,22,24,25,26). The van der Waals surface area contributed by atoms with Gasteiger partial charge in [-0.15, -0.1) is 0 Å². The van der Waals surface area contributed by atoms with E-state index in [9.17, 15) is 4.79 Å². The topological polar surface area (TPSA) is 120 Å². The number of aromatic nitrogens is 5. The van der Waals surface area contributed by atoms with Gasteiger partial charge in [-0.25, -0.2) is 4.98 Å². The van der Waals surface area contributed by atoms with Crippen LogP contribution in [0.5, 0.6) is 6.01 Å². The normalized spacial score (nSPS) is 10.8. The number of fused-ring (bicyclic) bond motifs is 1. The first kappa shape index (κ1) is 18.4. The summed E-state index contributed by atoms with van der Waals surface area (Å²) in [6, 6.07) is 13.4. The number of hydrogen-bond donors (Lipinski definition) is 2. The predicted octanol–water partition coefficient (Wildman–Crippen LogP) is 2.21. The van der Waals surface area contributed by atoms with Crippen LogP contribution in [-0.4, -0.2) is 37.4 Å². The molecule has 1 aromatic carbocycles. The number of ether oxygens (including phenoxy) is 1. The average molecular weight is 389 g/mol. The van der Waals surface area contributed by atoms with E-state index < -0.39 is 5.91 Å². The van der Waals surface area contributed by atoms with E-state index in [0.29, 0.717) is 40.9 Å². The van der Waals surface area contributed by atoms with Crippen LogP contribution in [0.15, 0.2) is 48.7 Å². The Morgan fingerprint density at radius 1 is 1.10 bits per heavy atom. The van der Waals surface area contributed by atoms with Gasteiger partial charge in [0.15, 0.2) is 5.82 Å². The lowest BCUT2D eigenvalue weighted by molar-refractivity contribution is 0.100. The van der Waals surface area contributed by atoms with Crippen LogP contribution in [0, 0.1) is 6.92 Å². The molecule has 29 heavy (non-hydrogen) atoms. The number of nitrogens with zero attached hydrogens (tertiary/aromatic N) is 5. The summed E-state index contributed by atoms with van der Waals surface area (Å²) < 4.78 is 6.99. The van der Waals surface area contributed by atoms with Crippen molar-refractivity contribution in [2.75, 3.05) is 12.4 Å². The van der Waals surface area contributed by atoms with Gasteiger partial charge < -0.3 is 15.8 Å². The second-order valence-corrected chi connectivity index (χ2v) is 6.33. The average Bonchev–Trinajstić information content (AvgIpc) is 3.08. The molecule has 3 heterocycles. The maximum absolute atomic E-state index is 11.7. The molecule has 3 N–H and O–H groups in total. The number of amides is 1. The smallest absolute Gasteiger partial charge is 0.321 e. The molecule has 0 radical (unpaired) electrons. The molecule has 0 saturated carbocycles. The second kappa shape index (κ2) is 7.55. The van der Waals surface area contributed by atoms with Gasteiger partial charge in [-0.2, -0.15) is 15.0 Å². The number of rotatable bonds is 6. The Balaban J connectivity index is 1.78. The Labute approximate surface area is 166 Å². The zero-order valence-corrected chi connectivity index (χ0v) is 16.0. The second-order valence-electron chi connectivity index (χ2n) is 6.33. The van der Waals surface area contributed by atoms with E-state index in [-0.39, 0.29) is 6.01 Å². The highest BCUT2D eigenvalue weighted by Gasteiger charge is 2.19. The van der Waals surface area contributed by atoms with Crippen molar-refractivity contribution in [1.82, 2.24) is 24.3 Å². The molecule has 0 saturated heterocycles. The lowest BCUT2D eigenvalue weighted by atomic mass is 10.2. The van der Waals surface area contributed by atoms with Crippen molar-refractivity contribution < 1.29 is 9.53 Å². The van der Waals surface area contributed by atoms with Crippen molar-refractivity contribution in [3.63, 3.8) is 0 Å². The van der Waals surface area contributed by atoms with Crippen LogP contribution in [-0.2, 0) is 6.54 Å². The fraction of sp³-hybridized carbons (Fsp3) is 0.150. The molecule has 9 nitrogen and oxygen atoms in total. The molecule has 4 aromatic rings. The first-order valence-corrected chi connectivity index (χ1v) is 8.92. The number of carbonyl (C=O) groups excluding carboxylic acids is 1. The number of aryl methyl sites for hydroxylation is 1. The number of carbonyl (C=O) groups is 1. The quantitative estimate of drug-likeness (QED) is 0.519. The molecule has 0 aliphatic carbocycles. The fourth-order valence-corrected chi connectivity index (χ4v) is 3.05. The monoisotopic (exact) mass is 389 g/mol. The highest BCUT2D eigenvalue weighted by Crippen LogP contribution is 2.25. The van der Waals surface area contributed by atoms with Crippen LogP contribution in [0.25, 0.3) is 17.2 Å². The predicted molar refractivity (Wildman–Crippen MR) is 108 cm³/mol. The number of methoxy groups -OCH3 is 1. The van der Waals surface area contributed by atoms with Crippen LogP contribution in [0.2, 0.25) is 0 Å².